The highest BCUT2D eigenvalue weighted by Gasteiger charge is 2.18. The Morgan fingerprint density at radius 1 is 0.565 bits per heavy atom. The quantitative estimate of drug-likeness (QED) is 0.222. The van der Waals surface area contributed by atoms with E-state index in [4.69, 9.17) is 0 Å². The van der Waals surface area contributed by atoms with Crippen LogP contribution in [0.2, 0.25) is 0 Å². The Bertz CT molecular complexity index is 282. The van der Waals surface area contributed by atoms with Gasteiger partial charge >= 0.3 is 0 Å². The van der Waals surface area contributed by atoms with Gasteiger partial charge in [-0.1, -0.05) is 96.8 Å². The zero-order valence-corrected chi connectivity index (χ0v) is 16.0. The molecule has 136 valence electrons. The Morgan fingerprint density at radius 3 is 1.17 bits per heavy atom. The summed E-state index contributed by atoms with van der Waals surface area (Å²) in [4.78, 5) is 22.7. The van der Waals surface area contributed by atoms with E-state index in [9.17, 15) is 9.59 Å². The molecule has 0 amide bonds. The van der Waals surface area contributed by atoms with Crippen molar-refractivity contribution < 1.29 is 9.59 Å². The van der Waals surface area contributed by atoms with Crippen molar-refractivity contribution >= 4 is 11.6 Å². The van der Waals surface area contributed by atoms with Crippen molar-refractivity contribution in [1.29, 1.82) is 0 Å². The Kier molecular flexibility index (Phi) is 15.7. The third-order valence-corrected chi connectivity index (χ3v) is 4.83. The average Bonchev–Trinajstić information content (AvgIpc) is 2.50. The molecule has 2 nitrogen and oxygen atoms in total. The number of hydrogen-bond acceptors (Lipinski definition) is 2. The minimum atomic E-state index is -0.340. The fourth-order valence-corrected chi connectivity index (χ4v) is 3.24. The van der Waals surface area contributed by atoms with Crippen LogP contribution in [0.5, 0.6) is 0 Å². The maximum absolute atomic E-state index is 11.3. The van der Waals surface area contributed by atoms with E-state index < -0.39 is 0 Å². The van der Waals surface area contributed by atoms with Crippen molar-refractivity contribution in [3.63, 3.8) is 0 Å². The molecule has 23 heavy (non-hydrogen) atoms. The summed E-state index contributed by atoms with van der Waals surface area (Å²) in [7, 11) is 0. The second kappa shape index (κ2) is 16.2. The molecule has 0 fully saturated rings. The summed E-state index contributed by atoms with van der Waals surface area (Å²) < 4.78 is 0. The predicted octanol–water partition coefficient (Wildman–Crippen LogP) is 6.65. The van der Waals surface area contributed by atoms with Crippen LogP contribution >= 0.6 is 0 Å². The van der Waals surface area contributed by atoms with Gasteiger partial charge in [0.05, 0.1) is 5.92 Å². The van der Waals surface area contributed by atoms with E-state index in [-0.39, 0.29) is 17.5 Å². The molecule has 0 aromatic heterocycles. The van der Waals surface area contributed by atoms with Gasteiger partial charge in [0.25, 0.3) is 0 Å². The number of rotatable bonds is 17. The van der Waals surface area contributed by atoms with E-state index in [1.54, 1.807) is 0 Å². The molecule has 0 saturated heterocycles. The van der Waals surface area contributed by atoms with Crippen LogP contribution in [0.4, 0.5) is 0 Å². The van der Waals surface area contributed by atoms with Gasteiger partial charge in [0.1, 0.15) is 11.6 Å². The van der Waals surface area contributed by atoms with E-state index in [1.807, 2.05) is 0 Å². The largest absolute Gasteiger partial charge is 0.299 e. The molecule has 0 aromatic rings. The molecular weight excluding hydrogens is 284 g/mol. The molecule has 0 unspecified atom stereocenters. The zero-order chi connectivity index (χ0) is 17.3. The van der Waals surface area contributed by atoms with Crippen molar-refractivity contribution in [2.24, 2.45) is 5.92 Å². The lowest BCUT2D eigenvalue weighted by Crippen LogP contribution is -2.19. The van der Waals surface area contributed by atoms with E-state index in [0.29, 0.717) is 0 Å². The highest BCUT2D eigenvalue weighted by atomic mass is 16.1. The Labute approximate surface area is 144 Å². The van der Waals surface area contributed by atoms with Crippen molar-refractivity contribution in [1.82, 2.24) is 0 Å². The van der Waals surface area contributed by atoms with Crippen LogP contribution in [0.3, 0.4) is 0 Å². The predicted molar refractivity (Wildman–Crippen MR) is 99.8 cm³/mol. The van der Waals surface area contributed by atoms with Crippen molar-refractivity contribution in [2.45, 2.75) is 117 Å². The lowest BCUT2D eigenvalue weighted by atomic mass is 9.93. The van der Waals surface area contributed by atoms with Gasteiger partial charge in [0.15, 0.2) is 0 Å². The average molecular weight is 325 g/mol. The molecule has 0 saturated carbocycles. The van der Waals surface area contributed by atoms with Crippen LogP contribution in [-0.2, 0) is 9.59 Å². The van der Waals surface area contributed by atoms with Gasteiger partial charge in [-0.3, -0.25) is 9.59 Å². The van der Waals surface area contributed by atoms with Gasteiger partial charge in [0.2, 0.25) is 0 Å². The highest BCUT2D eigenvalue weighted by molar-refractivity contribution is 6.00. The number of unbranched alkanes of at least 4 members (excludes halogenated alkanes) is 13. The minimum absolute atomic E-state index is 0.0344. The normalized spacial score (nSPS) is 11.1. The fraction of sp³-hybridized carbons (Fsp3) is 0.905. The van der Waals surface area contributed by atoms with Crippen LogP contribution in [0.25, 0.3) is 0 Å². The van der Waals surface area contributed by atoms with E-state index in [0.717, 1.165) is 19.3 Å². The van der Waals surface area contributed by atoms with Gasteiger partial charge in [0, 0.05) is 0 Å². The third kappa shape index (κ3) is 14.7. The maximum Gasteiger partial charge on any atom is 0.140 e. The SMILES string of the molecule is CCCCCCCCCCCCCCCCC(C(C)=O)C(C)=O. The van der Waals surface area contributed by atoms with E-state index in [2.05, 4.69) is 6.92 Å². The summed E-state index contributed by atoms with van der Waals surface area (Å²) in [6.07, 6.45) is 19.4. The second-order valence-corrected chi connectivity index (χ2v) is 7.16. The molecule has 0 atom stereocenters. The molecule has 0 heterocycles. The Balaban J connectivity index is 3.24. The van der Waals surface area contributed by atoms with Crippen LogP contribution in [0, 0.1) is 5.92 Å². The standard InChI is InChI=1S/C21H40O2/c1-4-5-6-7-8-9-10-11-12-13-14-15-16-17-18-21(19(2)22)20(3)23/h21H,4-18H2,1-3H3. The van der Waals surface area contributed by atoms with E-state index >= 15 is 0 Å². The number of ketones is 2. The first-order valence-electron chi connectivity index (χ1n) is 10.1. The molecular formula is C21H40O2. The van der Waals surface area contributed by atoms with Crippen molar-refractivity contribution in [3.05, 3.63) is 0 Å². The van der Waals surface area contributed by atoms with Gasteiger partial charge < -0.3 is 0 Å². The van der Waals surface area contributed by atoms with E-state index in [1.165, 1.54) is 90.9 Å². The first-order chi connectivity index (χ1) is 11.1. The molecule has 2 heteroatoms. The zero-order valence-electron chi connectivity index (χ0n) is 16.0. The molecule has 0 aliphatic heterocycles. The lowest BCUT2D eigenvalue weighted by Gasteiger charge is -2.09. The molecule has 0 bridgehead atoms. The second-order valence-electron chi connectivity index (χ2n) is 7.16. The number of Topliss-reactive ketones (excluding diaryl/α,β-unsaturated/α-hetero) is 2. The Morgan fingerprint density at radius 2 is 0.870 bits per heavy atom. The summed E-state index contributed by atoms with van der Waals surface area (Å²) >= 11 is 0. The van der Waals surface area contributed by atoms with Crippen LogP contribution in [-0.4, -0.2) is 11.6 Å². The number of carbonyl (C=O) groups is 2. The third-order valence-electron chi connectivity index (χ3n) is 4.83. The topological polar surface area (TPSA) is 34.1 Å². The highest BCUT2D eigenvalue weighted by Crippen LogP contribution is 2.16. The molecule has 0 N–H and O–H groups in total. The van der Waals surface area contributed by atoms with Crippen molar-refractivity contribution in [3.8, 4) is 0 Å². The monoisotopic (exact) mass is 324 g/mol. The molecule has 0 aromatic carbocycles. The molecule has 0 aliphatic rings. The van der Waals surface area contributed by atoms with Gasteiger partial charge in [-0.05, 0) is 20.3 Å². The van der Waals surface area contributed by atoms with Gasteiger partial charge in [-0.2, -0.15) is 0 Å². The first-order valence-corrected chi connectivity index (χ1v) is 10.1. The van der Waals surface area contributed by atoms with Crippen LogP contribution < -0.4 is 0 Å². The van der Waals surface area contributed by atoms with Crippen molar-refractivity contribution in [2.75, 3.05) is 0 Å². The number of carbonyl (C=O) groups excluding carboxylic acids is 2. The first kappa shape index (κ1) is 22.3. The smallest absolute Gasteiger partial charge is 0.140 e. The summed E-state index contributed by atoms with van der Waals surface area (Å²) in [6, 6.07) is 0. The Hall–Kier alpha value is -0.660. The van der Waals surface area contributed by atoms with Gasteiger partial charge in [-0.15, -0.1) is 0 Å². The summed E-state index contributed by atoms with van der Waals surface area (Å²) in [5, 5.41) is 0. The van der Waals surface area contributed by atoms with Crippen LogP contribution in [0.1, 0.15) is 117 Å². The lowest BCUT2D eigenvalue weighted by molar-refractivity contribution is -0.130. The number of hydrogen-bond donors (Lipinski definition) is 0. The maximum atomic E-state index is 11.3. The van der Waals surface area contributed by atoms with Gasteiger partial charge in [-0.25, -0.2) is 0 Å². The summed E-state index contributed by atoms with van der Waals surface area (Å²) in [5.41, 5.74) is 0. The molecule has 0 spiro atoms. The summed E-state index contributed by atoms with van der Waals surface area (Å²) in [5.74, 6) is -0.272. The molecule has 0 radical (unpaired) electrons. The fourth-order valence-electron chi connectivity index (χ4n) is 3.24. The van der Waals surface area contributed by atoms with Crippen LogP contribution in [0.15, 0.2) is 0 Å². The minimum Gasteiger partial charge on any atom is -0.299 e. The summed E-state index contributed by atoms with van der Waals surface area (Å²) in [6.45, 7) is 5.34. The molecule has 0 aliphatic carbocycles. The molecule has 0 rings (SSSR count).